The Morgan fingerprint density at radius 3 is 0.819 bits per heavy atom. The van der Waals surface area contributed by atoms with Crippen LogP contribution in [0.25, 0.3) is 0 Å². The van der Waals surface area contributed by atoms with Gasteiger partial charge in [0.1, 0.15) is 13.2 Å². The van der Waals surface area contributed by atoms with Crippen LogP contribution in [0.3, 0.4) is 0 Å². The van der Waals surface area contributed by atoms with Crippen LogP contribution in [0.15, 0.2) is 72.9 Å². The third-order valence-corrected chi connectivity index (χ3v) is 13.4. The van der Waals surface area contributed by atoms with Crippen LogP contribution in [0.4, 0.5) is 0 Å². The van der Waals surface area contributed by atoms with Crippen molar-refractivity contribution in [3.8, 4) is 0 Å². The molecular weight excluding hydrogens is 889 g/mol. The van der Waals surface area contributed by atoms with Gasteiger partial charge in [-0.15, -0.1) is 0 Å². The molecule has 0 aromatic rings. The van der Waals surface area contributed by atoms with Gasteiger partial charge in [0.2, 0.25) is 0 Å². The lowest BCUT2D eigenvalue weighted by molar-refractivity contribution is -0.167. The summed E-state index contributed by atoms with van der Waals surface area (Å²) in [4.78, 5) is 38.3. The van der Waals surface area contributed by atoms with Crippen LogP contribution in [0.2, 0.25) is 0 Å². The first-order valence-corrected chi connectivity index (χ1v) is 30.9. The van der Waals surface area contributed by atoms with Gasteiger partial charge in [-0.2, -0.15) is 0 Å². The molecule has 72 heavy (non-hydrogen) atoms. The Morgan fingerprint density at radius 2 is 0.500 bits per heavy atom. The summed E-state index contributed by atoms with van der Waals surface area (Å²) in [5, 5.41) is 0. The minimum atomic E-state index is -0.790. The Hall–Kier alpha value is -3.15. The average molecular weight is 1010 g/mol. The molecule has 0 fully saturated rings. The second-order valence-corrected chi connectivity index (χ2v) is 20.6. The van der Waals surface area contributed by atoms with E-state index in [2.05, 4.69) is 93.7 Å². The van der Waals surface area contributed by atoms with E-state index in [-0.39, 0.29) is 31.1 Å². The van der Waals surface area contributed by atoms with Crippen LogP contribution < -0.4 is 0 Å². The average Bonchev–Trinajstić information content (AvgIpc) is 3.38. The minimum Gasteiger partial charge on any atom is -0.462 e. The smallest absolute Gasteiger partial charge is 0.306 e. The van der Waals surface area contributed by atoms with Crippen molar-refractivity contribution in [1.82, 2.24) is 0 Å². The number of carbonyl (C=O) groups is 3. The third-order valence-electron chi connectivity index (χ3n) is 13.4. The van der Waals surface area contributed by atoms with Crippen molar-refractivity contribution in [2.75, 3.05) is 13.2 Å². The molecular formula is C66H116O6. The molecule has 0 radical (unpaired) electrons. The second kappa shape index (κ2) is 60.4. The Labute approximate surface area is 446 Å². The molecule has 1 atom stereocenters. The lowest BCUT2D eigenvalue weighted by Crippen LogP contribution is -2.30. The van der Waals surface area contributed by atoms with Gasteiger partial charge in [0.25, 0.3) is 0 Å². The number of carbonyl (C=O) groups excluding carboxylic acids is 3. The summed E-state index contributed by atoms with van der Waals surface area (Å²) in [5.41, 5.74) is 0. The largest absolute Gasteiger partial charge is 0.462 e. The summed E-state index contributed by atoms with van der Waals surface area (Å²) in [6.45, 7) is 6.60. The number of hydrogen-bond donors (Lipinski definition) is 0. The number of rotatable bonds is 56. The first-order valence-electron chi connectivity index (χ1n) is 30.9. The van der Waals surface area contributed by atoms with Gasteiger partial charge >= 0.3 is 17.9 Å². The molecule has 6 heteroatoms. The van der Waals surface area contributed by atoms with Crippen molar-refractivity contribution in [3.05, 3.63) is 72.9 Å². The molecule has 0 saturated carbocycles. The van der Waals surface area contributed by atoms with Gasteiger partial charge in [0, 0.05) is 19.3 Å². The van der Waals surface area contributed by atoms with E-state index in [4.69, 9.17) is 14.2 Å². The molecule has 0 saturated heterocycles. The van der Waals surface area contributed by atoms with Crippen molar-refractivity contribution in [2.24, 2.45) is 0 Å². The highest BCUT2D eigenvalue weighted by atomic mass is 16.6. The number of allylic oxidation sites excluding steroid dienone is 12. The summed E-state index contributed by atoms with van der Waals surface area (Å²) < 4.78 is 16.9. The first kappa shape index (κ1) is 68.8. The van der Waals surface area contributed by atoms with E-state index in [1.165, 1.54) is 173 Å². The van der Waals surface area contributed by atoms with Crippen molar-refractivity contribution < 1.29 is 28.6 Å². The molecule has 0 aliphatic rings. The van der Waals surface area contributed by atoms with Gasteiger partial charge in [-0.3, -0.25) is 14.4 Å². The Balaban J connectivity index is 4.41. The highest BCUT2D eigenvalue weighted by molar-refractivity contribution is 5.71. The molecule has 0 aliphatic heterocycles. The van der Waals surface area contributed by atoms with Gasteiger partial charge in [-0.1, -0.05) is 248 Å². The van der Waals surface area contributed by atoms with Crippen LogP contribution in [0.5, 0.6) is 0 Å². The standard InChI is InChI=1S/C66H116O6/c1-4-7-10-13-16-19-22-25-28-31-32-33-34-36-38-41-44-47-50-53-56-59-65(68)71-62-63(61-70-64(67)58-55-52-49-46-43-40-37-30-27-24-21-18-15-12-9-6-3)72-66(69)60-57-54-51-48-45-42-39-35-29-26-23-20-17-14-11-8-5-2/h17,20,22,25-26,29-32,34,36-37,63H,4-16,18-19,21,23-24,27-28,33,35,38-62H2,1-3H3/b20-17-,25-22-,29-26-,32-31-,36-34-,37-30-. The number of esters is 3. The molecule has 0 N–H and O–H groups in total. The first-order chi connectivity index (χ1) is 35.5. The summed E-state index contributed by atoms with van der Waals surface area (Å²) in [7, 11) is 0. The van der Waals surface area contributed by atoms with Gasteiger partial charge in [0.05, 0.1) is 0 Å². The van der Waals surface area contributed by atoms with Crippen LogP contribution in [0.1, 0.15) is 310 Å². The molecule has 0 rings (SSSR count). The highest BCUT2D eigenvalue weighted by Crippen LogP contribution is 2.15. The molecule has 0 spiro atoms. The predicted molar refractivity (Wildman–Crippen MR) is 311 cm³/mol. The van der Waals surface area contributed by atoms with Crippen LogP contribution in [-0.4, -0.2) is 37.2 Å². The van der Waals surface area contributed by atoms with Crippen molar-refractivity contribution in [1.29, 1.82) is 0 Å². The van der Waals surface area contributed by atoms with E-state index in [0.717, 1.165) is 96.3 Å². The summed E-state index contributed by atoms with van der Waals surface area (Å²) in [6, 6.07) is 0. The van der Waals surface area contributed by atoms with E-state index in [1.807, 2.05) is 0 Å². The lowest BCUT2D eigenvalue weighted by atomic mass is 10.1. The van der Waals surface area contributed by atoms with E-state index in [9.17, 15) is 14.4 Å². The molecule has 416 valence electrons. The fourth-order valence-electron chi connectivity index (χ4n) is 8.71. The molecule has 0 aromatic carbocycles. The summed E-state index contributed by atoms with van der Waals surface area (Å²) >= 11 is 0. The van der Waals surface area contributed by atoms with Gasteiger partial charge < -0.3 is 14.2 Å². The zero-order valence-electron chi connectivity index (χ0n) is 47.7. The fraction of sp³-hybridized carbons (Fsp3) is 0.773. The topological polar surface area (TPSA) is 78.9 Å². The maximum atomic E-state index is 12.9. The molecule has 0 aliphatic carbocycles. The monoisotopic (exact) mass is 1000 g/mol. The lowest BCUT2D eigenvalue weighted by Gasteiger charge is -2.18. The minimum absolute atomic E-state index is 0.0865. The quantitative estimate of drug-likeness (QED) is 0.0261. The zero-order valence-corrected chi connectivity index (χ0v) is 47.7. The Kier molecular flexibility index (Phi) is 57.8. The highest BCUT2D eigenvalue weighted by Gasteiger charge is 2.19. The normalized spacial score (nSPS) is 12.5. The van der Waals surface area contributed by atoms with Crippen LogP contribution >= 0.6 is 0 Å². The maximum absolute atomic E-state index is 12.9. The predicted octanol–water partition coefficient (Wildman–Crippen LogP) is 20.9. The Morgan fingerprint density at radius 1 is 0.278 bits per heavy atom. The number of unbranched alkanes of at least 4 members (excludes halogenated alkanes) is 33. The number of ether oxygens (including phenoxy) is 3. The van der Waals surface area contributed by atoms with Gasteiger partial charge in [-0.25, -0.2) is 0 Å². The third kappa shape index (κ3) is 57.7. The van der Waals surface area contributed by atoms with E-state index >= 15 is 0 Å². The zero-order chi connectivity index (χ0) is 52.2. The van der Waals surface area contributed by atoms with Crippen LogP contribution in [-0.2, 0) is 28.6 Å². The molecule has 1 unspecified atom stereocenters. The molecule has 0 aromatic heterocycles. The van der Waals surface area contributed by atoms with Crippen molar-refractivity contribution in [3.63, 3.8) is 0 Å². The van der Waals surface area contributed by atoms with Crippen molar-refractivity contribution >= 4 is 17.9 Å². The SMILES string of the molecule is CCCCC/C=C\C/C=C\CCCCCCCCCC(=O)OC(COC(=O)CCCCCCC/C=C\CCCCCCCCC)COC(=O)CCCCCCCC/C=C\C/C=C\C/C=C\CCCCCCC. The second-order valence-electron chi connectivity index (χ2n) is 20.6. The van der Waals surface area contributed by atoms with Gasteiger partial charge in [-0.05, 0) is 116 Å². The Bertz CT molecular complexity index is 1340. The van der Waals surface area contributed by atoms with Crippen LogP contribution in [0, 0.1) is 0 Å². The molecule has 6 nitrogen and oxygen atoms in total. The molecule has 0 heterocycles. The summed E-state index contributed by atoms with van der Waals surface area (Å²) in [6.07, 6.45) is 77.5. The van der Waals surface area contributed by atoms with Crippen molar-refractivity contribution in [2.45, 2.75) is 316 Å². The molecule has 0 bridgehead atoms. The number of hydrogen-bond acceptors (Lipinski definition) is 6. The molecule has 0 amide bonds. The van der Waals surface area contributed by atoms with E-state index in [1.54, 1.807) is 0 Å². The summed E-state index contributed by atoms with van der Waals surface area (Å²) in [5.74, 6) is -0.903. The van der Waals surface area contributed by atoms with Gasteiger partial charge in [0.15, 0.2) is 6.10 Å². The van der Waals surface area contributed by atoms with E-state index < -0.39 is 6.10 Å². The fourth-order valence-corrected chi connectivity index (χ4v) is 8.71. The maximum Gasteiger partial charge on any atom is 0.306 e. The van der Waals surface area contributed by atoms with E-state index in [0.29, 0.717) is 19.3 Å².